The van der Waals surface area contributed by atoms with Crippen molar-refractivity contribution in [3.63, 3.8) is 0 Å². The first-order valence-electron chi connectivity index (χ1n) is 10.8. The maximum Gasteiger partial charge on any atom is 0.116 e. The van der Waals surface area contributed by atoms with Crippen LogP contribution in [-0.2, 0) is 0 Å². The first-order valence-corrected chi connectivity index (χ1v) is 10.8. The van der Waals surface area contributed by atoms with E-state index >= 15 is 0 Å². The van der Waals surface area contributed by atoms with Gasteiger partial charge in [0.1, 0.15) is 5.82 Å². The highest BCUT2D eigenvalue weighted by atomic mass is 16.3. The van der Waals surface area contributed by atoms with Gasteiger partial charge in [0.15, 0.2) is 0 Å². The topological polar surface area (TPSA) is 83.5 Å². The first-order chi connectivity index (χ1) is 15.6. The van der Waals surface area contributed by atoms with Crippen LogP contribution >= 0.6 is 0 Å². The van der Waals surface area contributed by atoms with Crippen molar-refractivity contribution in [1.29, 1.82) is 0 Å². The highest BCUT2D eigenvalue weighted by Gasteiger charge is 2.44. The van der Waals surface area contributed by atoms with Gasteiger partial charge in [-0.05, 0) is 25.0 Å². The van der Waals surface area contributed by atoms with E-state index in [-0.39, 0.29) is 12.5 Å². The molecule has 0 spiro atoms. The predicted octanol–water partition coefficient (Wildman–Crippen LogP) is 4.21. The Morgan fingerprint density at radius 3 is 2.59 bits per heavy atom. The molecule has 6 nitrogen and oxygen atoms in total. The third-order valence-corrected chi connectivity index (χ3v) is 6.43. The lowest BCUT2D eigenvalue weighted by Crippen LogP contribution is -2.46. The molecule has 0 saturated heterocycles. The molecule has 0 bridgehead atoms. The minimum atomic E-state index is -0.979. The lowest BCUT2D eigenvalue weighted by molar-refractivity contribution is -0.0882. The Labute approximate surface area is 184 Å². The van der Waals surface area contributed by atoms with Crippen molar-refractivity contribution in [3.8, 4) is 22.5 Å². The molecule has 3 heterocycles. The summed E-state index contributed by atoms with van der Waals surface area (Å²) in [4.78, 5) is 14.2. The number of hydrogen-bond donors (Lipinski definition) is 2. The van der Waals surface area contributed by atoms with E-state index in [0.29, 0.717) is 12.8 Å². The van der Waals surface area contributed by atoms with Crippen molar-refractivity contribution < 1.29 is 10.2 Å². The molecule has 1 aliphatic carbocycles. The molecule has 0 unspecified atom stereocenters. The van der Waals surface area contributed by atoms with Gasteiger partial charge in [0.2, 0.25) is 0 Å². The van der Waals surface area contributed by atoms with Crippen molar-refractivity contribution >= 4 is 16.4 Å². The van der Waals surface area contributed by atoms with Crippen molar-refractivity contribution in [2.45, 2.75) is 24.4 Å². The van der Waals surface area contributed by atoms with Gasteiger partial charge in [0, 0.05) is 34.8 Å². The molecule has 0 aliphatic heterocycles. The Morgan fingerprint density at radius 1 is 0.969 bits per heavy atom. The minimum absolute atomic E-state index is 0.122. The molecule has 6 rings (SSSR count). The summed E-state index contributed by atoms with van der Waals surface area (Å²) in [6.45, 7) is -0.214. The van der Waals surface area contributed by atoms with Gasteiger partial charge in [-0.25, -0.2) is 9.97 Å². The van der Waals surface area contributed by atoms with Gasteiger partial charge in [0.05, 0.1) is 40.8 Å². The van der Waals surface area contributed by atoms with Crippen LogP contribution in [0.3, 0.4) is 0 Å². The SMILES string of the molecule is OCC1(O)CC(c2ncc3c(-c4ccc5ccc(-c6ccccc6)nc5c4)nccn23)C1. The molecule has 1 aliphatic rings. The summed E-state index contributed by atoms with van der Waals surface area (Å²) in [5, 5.41) is 20.6. The summed E-state index contributed by atoms with van der Waals surface area (Å²) in [5.41, 5.74) is 4.70. The highest BCUT2D eigenvalue weighted by Crippen LogP contribution is 2.44. The quantitative estimate of drug-likeness (QED) is 0.453. The van der Waals surface area contributed by atoms with Gasteiger partial charge in [-0.1, -0.05) is 48.5 Å². The zero-order chi connectivity index (χ0) is 21.7. The first kappa shape index (κ1) is 19.1. The minimum Gasteiger partial charge on any atom is -0.393 e. The average Bonchev–Trinajstić information content (AvgIpc) is 3.26. The maximum atomic E-state index is 10.2. The Morgan fingerprint density at radius 2 is 1.78 bits per heavy atom. The van der Waals surface area contributed by atoms with E-state index in [1.54, 1.807) is 6.20 Å². The zero-order valence-electron chi connectivity index (χ0n) is 17.4. The number of rotatable bonds is 4. The van der Waals surface area contributed by atoms with Crippen molar-refractivity contribution in [1.82, 2.24) is 19.4 Å². The van der Waals surface area contributed by atoms with Crippen molar-refractivity contribution in [2.24, 2.45) is 0 Å². The third-order valence-electron chi connectivity index (χ3n) is 6.43. The number of imidazole rings is 1. The molecule has 1 saturated carbocycles. The molecular formula is C26H22N4O2. The Hall–Kier alpha value is -3.61. The molecular weight excluding hydrogens is 400 g/mol. The molecule has 2 N–H and O–H groups in total. The number of fused-ring (bicyclic) bond motifs is 2. The van der Waals surface area contributed by atoms with E-state index in [2.05, 4.69) is 46.4 Å². The van der Waals surface area contributed by atoms with E-state index in [1.165, 1.54) is 0 Å². The number of benzene rings is 2. The fourth-order valence-electron chi connectivity index (χ4n) is 4.68. The molecule has 5 aromatic rings. The van der Waals surface area contributed by atoms with Crippen LogP contribution in [0.4, 0.5) is 0 Å². The van der Waals surface area contributed by atoms with Crippen molar-refractivity contribution in [3.05, 3.63) is 85.1 Å². The molecule has 0 atom stereocenters. The standard InChI is InChI=1S/C26H22N4O2/c31-16-26(32)13-20(14-26)25-28-15-23-24(27-10-11-30(23)25)19-7-6-18-8-9-21(29-22(18)12-19)17-4-2-1-3-5-17/h1-12,15,20,31-32H,13-14,16H2. The number of aliphatic hydroxyl groups excluding tert-OH is 1. The summed E-state index contributed by atoms with van der Waals surface area (Å²) >= 11 is 0. The third kappa shape index (κ3) is 3.07. The number of hydrogen-bond acceptors (Lipinski definition) is 5. The smallest absolute Gasteiger partial charge is 0.116 e. The number of aliphatic hydroxyl groups is 2. The number of nitrogens with zero attached hydrogens (tertiary/aromatic N) is 4. The summed E-state index contributed by atoms with van der Waals surface area (Å²) in [5.74, 6) is 1.02. The molecule has 6 heteroatoms. The summed E-state index contributed by atoms with van der Waals surface area (Å²) in [6.07, 6.45) is 6.56. The van der Waals surface area contributed by atoms with Gasteiger partial charge < -0.3 is 10.2 Å². The largest absolute Gasteiger partial charge is 0.393 e. The second-order valence-corrected chi connectivity index (χ2v) is 8.61. The maximum absolute atomic E-state index is 10.2. The second kappa shape index (κ2) is 7.22. The van der Waals surface area contributed by atoms with Crippen LogP contribution < -0.4 is 0 Å². The Kier molecular flexibility index (Phi) is 4.31. The Balaban J connectivity index is 1.41. The average molecular weight is 422 g/mol. The molecule has 0 radical (unpaired) electrons. The molecule has 3 aromatic heterocycles. The van der Waals surface area contributed by atoms with E-state index in [4.69, 9.17) is 4.98 Å². The van der Waals surface area contributed by atoms with E-state index in [9.17, 15) is 10.2 Å². The molecule has 2 aromatic carbocycles. The molecule has 0 amide bonds. The zero-order valence-corrected chi connectivity index (χ0v) is 17.4. The molecule has 1 fully saturated rings. The predicted molar refractivity (Wildman–Crippen MR) is 123 cm³/mol. The van der Waals surface area contributed by atoms with Crippen LogP contribution in [0.25, 0.3) is 38.9 Å². The summed E-state index contributed by atoms with van der Waals surface area (Å²) in [7, 11) is 0. The van der Waals surface area contributed by atoms with Gasteiger partial charge >= 0.3 is 0 Å². The Bertz CT molecular complexity index is 1440. The van der Waals surface area contributed by atoms with Crippen LogP contribution in [0.5, 0.6) is 0 Å². The highest BCUT2D eigenvalue weighted by molar-refractivity contribution is 5.88. The van der Waals surface area contributed by atoms with Gasteiger partial charge in [0.25, 0.3) is 0 Å². The molecule has 32 heavy (non-hydrogen) atoms. The van der Waals surface area contributed by atoms with E-state index in [1.807, 2.05) is 41.1 Å². The van der Waals surface area contributed by atoms with E-state index < -0.39 is 5.60 Å². The van der Waals surface area contributed by atoms with Crippen LogP contribution in [0.1, 0.15) is 24.6 Å². The number of pyridine rings is 1. The fraction of sp³-hybridized carbons (Fsp3) is 0.192. The van der Waals surface area contributed by atoms with Crippen LogP contribution in [0, 0.1) is 0 Å². The molecule has 158 valence electrons. The normalized spacial score (nSPS) is 20.5. The van der Waals surface area contributed by atoms with Crippen LogP contribution in [0.2, 0.25) is 0 Å². The lowest BCUT2D eigenvalue weighted by Gasteiger charge is -2.41. The van der Waals surface area contributed by atoms with Crippen molar-refractivity contribution in [2.75, 3.05) is 6.61 Å². The number of aromatic nitrogens is 4. The second-order valence-electron chi connectivity index (χ2n) is 8.61. The van der Waals surface area contributed by atoms with E-state index in [0.717, 1.165) is 44.8 Å². The summed E-state index contributed by atoms with van der Waals surface area (Å²) < 4.78 is 2.04. The van der Waals surface area contributed by atoms with Gasteiger partial charge in [-0.2, -0.15) is 0 Å². The van der Waals surface area contributed by atoms with Crippen LogP contribution in [0.15, 0.2) is 79.3 Å². The van der Waals surface area contributed by atoms with Gasteiger partial charge in [-0.15, -0.1) is 0 Å². The van der Waals surface area contributed by atoms with Crippen LogP contribution in [-0.4, -0.2) is 41.8 Å². The lowest BCUT2D eigenvalue weighted by atomic mass is 9.71. The summed E-state index contributed by atoms with van der Waals surface area (Å²) in [6, 6.07) is 20.5. The monoisotopic (exact) mass is 422 g/mol. The fourth-order valence-corrected chi connectivity index (χ4v) is 4.68. The van der Waals surface area contributed by atoms with Gasteiger partial charge in [-0.3, -0.25) is 9.38 Å².